The summed E-state index contributed by atoms with van der Waals surface area (Å²) in [5.41, 5.74) is 0.593. The molecule has 7 heteroatoms. The lowest BCUT2D eigenvalue weighted by molar-refractivity contribution is -0.147. The van der Waals surface area contributed by atoms with Crippen molar-refractivity contribution in [2.75, 3.05) is 44.7 Å². The Hall–Kier alpha value is -2.15. The molecule has 2 saturated heterocycles. The van der Waals surface area contributed by atoms with Gasteiger partial charge in [-0.2, -0.15) is 0 Å². The predicted octanol–water partition coefficient (Wildman–Crippen LogP) is 2.28. The second-order valence-electron chi connectivity index (χ2n) is 8.38. The number of hydrogen-bond donors (Lipinski definition) is 0. The number of benzene rings is 1. The number of para-hydroxylation sites is 1. The number of amides is 1. The molecule has 0 N–H and O–H groups in total. The molecule has 2 heterocycles. The number of hydrogen-bond acceptors (Lipinski definition) is 5. The zero-order valence-corrected chi connectivity index (χ0v) is 17.1. The molecule has 0 bridgehead atoms. The maximum Gasteiger partial charge on any atom is 0.323 e. The number of ether oxygens (including phenoxy) is 1. The summed E-state index contributed by atoms with van der Waals surface area (Å²) in [5.74, 6) is 0.0852. The topological polar surface area (TPSA) is 53.1 Å². The Kier molecular flexibility index (Phi) is 6.04. The van der Waals surface area contributed by atoms with Crippen LogP contribution >= 0.6 is 0 Å². The third-order valence-corrected chi connectivity index (χ3v) is 6.84. The number of carbonyl (C=O) groups excluding carboxylic acids is 2. The first kappa shape index (κ1) is 20.1. The summed E-state index contributed by atoms with van der Waals surface area (Å²) in [6, 6.07) is 6.75. The minimum Gasteiger partial charge on any atom is -0.468 e. The molecule has 158 valence electrons. The lowest BCUT2D eigenvalue weighted by atomic mass is 9.85. The summed E-state index contributed by atoms with van der Waals surface area (Å²) in [6.45, 7) is 2.62. The van der Waals surface area contributed by atoms with Gasteiger partial charge in [-0.05, 0) is 37.3 Å². The van der Waals surface area contributed by atoms with Gasteiger partial charge < -0.3 is 14.5 Å². The molecule has 3 atom stereocenters. The summed E-state index contributed by atoms with van der Waals surface area (Å²) in [4.78, 5) is 31.3. The molecule has 6 nitrogen and oxygen atoms in total. The van der Waals surface area contributed by atoms with Gasteiger partial charge in [0.2, 0.25) is 5.91 Å². The van der Waals surface area contributed by atoms with Crippen LogP contribution in [0.15, 0.2) is 24.3 Å². The molecule has 1 amide bonds. The highest BCUT2D eigenvalue weighted by atomic mass is 19.1. The van der Waals surface area contributed by atoms with E-state index in [2.05, 4.69) is 4.90 Å². The van der Waals surface area contributed by atoms with Crippen molar-refractivity contribution in [3.8, 4) is 0 Å². The maximum atomic E-state index is 14.0. The molecule has 4 rings (SSSR count). The first-order valence-electron chi connectivity index (χ1n) is 10.7. The van der Waals surface area contributed by atoms with Gasteiger partial charge in [0.25, 0.3) is 0 Å². The van der Waals surface area contributed by atoms with Crippen LogP contribution in [0.5, 0.6) is 0 Å². The highest BCUT2D eigenvalue weighted by molar-refractivity contribution is 5.81. The minimum atomic E-state index is -0.309. The van der Waals surface area contributed by atoms with Crippen LogP contribution in [0.1, 0.15) is 32.1 Å². The van der Waals surface area contributed by atoms with Gasteiger partial charge in [-0.15, -0.1) is 0 Å². The van der Waals surface area contributed by atoms with Gasteiger partial charge in [0, 0.05) is 32.2 Å². The van der Waals surface area contributed by atoms with Gasteiger partial charge in [-0.1, -0.05) is 25.0 Å². The Morgan fingerprint density at radius 1 is 1.10 bits per heavy atom. The normalized spacial score (nSPS) is 27.6. The molecule has 0 spiro atoms. The monoisotopic (exact) mass is 403 g/mol. The van der Waals surface area contributed by atoms with Gasteiger partial charge in [0.05, 0.1) is 19.3 Å². The van der Waals surface area contributed by atoms with E-state index in [1.165, 1.54) is 19.6 Å². The fourth-order valence-electron chi connectivity index (χ4n) is 5.31. The van der Waals surface area contributed by atoms with Crippen LogP contribution in [0.25, 0.3) is 0 Å². The number of carbonyl (C=O) groups is 2. The van der Waals surface area contributed by atoms with E-state index in [1.54, 1.807) is 12.1 Å². The molecular formula is C22H30FN3O3. The Morgan fingerprint density at radius 3 is 2.55 bits per heavy atom. The van der Waals surface area contributed by atoms with E-state index in [0.29, 0.717) is 43.8 Å². The van der Waals surface area contributed by atoms with Gasteiger partial charge in [-0.3, -0.25) is 14.5 Å². The molecule has 0 unspecified atom stereocenters. The molecule has 2 aliphatic heterocycles. The van der Waals surface area contributed by atoms with Crippen molar-refractivity contribution in [3.63, 3.8) is 0 Å². The van der Waals surface area contributed by atoms with E-state index >= 15 is 0 Å². The number of esters is 1. The number of piperazine rings is 1. The number of anilines is 1. The summed E-state index contributed by atoms with van der Waals surface area (Å²) >= 11 is 0. The second-order valence-corrected chi connectivity index (χ2v) is 8.38. The molecule has 1 saturated carbocycles. The van der Waals surface area contributed by atoms with Crippen molar-refractivity contribution >= 4 is 17.6 Å². The Bertz CT molecular complexity index is 751. The summed E-state index contributed by atoms with van der Waals surface area (Å²) in [6.07, 6.45) is 5.33. The first-order valence-corrected chi connectivity index (χ1v) is 10.7. The average Bonchev–Trinajstić information content (AvgIpc) is 3.12. The van der Waals surface area contributed by atoms with Crippen LogP contribution in [0.3, 0.4) is 0 Å². The second kappa shape index (κ2) is 8.69. The molecule has 29 heavy (non-hydrogen) atoms. The number of rotatable bonds is 4. The van der Waals surface area contributed by atoms with Crippen LogP contribution in [0.2, 0.25) is 0 Å². The third kappa shape index (κ3) is 4.10. The average molecular weight is 403 g/mol. The van der Waals surface area contributed by atoms with E-state index in [-0.39, 0.29) is 30.3 Å². The molecule has 0 aromatic heterocycles. The van der Waals surface area contributed by atoms with Crippen LogP contribution in [-0.4, -0.2) is 73.6 Å². The summed E-state index contributed by atoms with van der Waals surface area (Å²) < 4.78 is 19.1. The van der Waals surface area contributed by atoms with Crippen LogP contribution in [-0.2, 0) is 14.3 Å². The molecule has 3 aliphatic rings. The van der Waals surface area contributed by atoms with Gasteiger partial charge >= 0.3 is 5.97 Å². The Morgan fingerprint density at radius 2 is 1.83 bits per heavy atom. The molecule has 0 radical (unpaired) electrons. The maximum absolute atomic E-state index is 14.0. The minimum absolute atomic E-state index is 0.0540. The van der Waals surface area contributed by atoms with E-state index in [9.17, 15) is 14.0 Å². The molecule has 1 aromatic rings. The molecule has 3 fully saturated rings. The highest BCUT2D eigenvalue weighted by Crippen LogP contribution is 2.40. The lowest BCUT2D eigenvalue weighted by Gasteiger charge is -2.38. The van der Waals surface area contributed by atoms with Crippen molar-refractivity contribution in [1.82, 2.24) is 9.80 Å². The number of likely N-dealkylation sites (tertiary alicyclic amines) is 1. The zero-order valence-electron chi connectivity index (χ0n) is 17.1. The van der Waals surface area contributed by atoms with Crippen molar-refractivity contribution in [3.05, 3.63) is 30.1 Å². The van der Waals surface area contributed by atoms with Gasteiger partial charge in [-0.25, -0.2) is 4.39 Å². The van der Waals surface area contributed by atoms with Crippen molar-refractivity contribution in [1.29, 1.82) is 0 Å². The lowest BCUT2D eigenvalue weighted by Crippen LogP contribution is -2.53. The van der Waals surface area contributed by atoms with Gasteiger partial charge in [0.1, 0.15) is 11.9 Å². The fraction of sp³-hybridized carbons (Fsp3) is 0.636. The quantitative estimate of drug-likeness (QED) is 0.722. The van der Waals surface area contributed by atoms with Crippen molar-refractivity contribution in [2.45, 2.75) is 44.2 Å². The summed E-state index contributed by atoms with van der Waals surface area (Å²) in [7, 11) is 1.42. The van der Waals surface area contributed by atoms with Crippen molar-refractivity contribution < 1.29 is 18.7 Å². The Balaban J connectivity index is 1.38. The number of nitrogens with zero attached hydrogens (tertiary/aromatic N) is 3. The largest absolute Gasteiger partial charge is 0.468 e. The third-order valence-electron chi connectivity index (χ3n) is 6.84. The molecule has 1 aliphatic carbocycles. The standard InChI is InChI=1S/C22H30FN3O3/c1-29-22(28)20-14-16-6-2-4-8-18(16)26(20)15-21(27)25-12-10-24(11-13-25)19-9-5-3-7-17(19)23/h3,5,7,9,16,18,20H,2,4,6,8,10-15H2,1H3/t16-,18-,20-/m0/s1. The molecular weight excluding hydrogens is 373 g/mol. The smallest absolute Gasteiger partial charge is 0.323 e. The van der Waals surface area contributed by atoms with Crippen molar-refractivity contribution in [2.24, 2.45) is 5.92 Å². The Labute approximate surface area is 171 Å². The van der Waals surface area contributed by atoms with E-state index < -0.39 is 0 Å². The number of fused-ring (bicyclic) bond motifs is 1. The number of methoxy groups -OCH3 is 1. The summed E-state index contributed by atoms with van der Waals surface area (Å²) in [5, 5.41) is 0. The van der Waals surface area contributed by atoms with E-state index in [1.807, 2.05) is 15.9 Å². The van der Waals surface area contributed by atoms with E-state index in [0.717, 1.165) is 25.7 Å². The van der Waals surface area contributed by atoms with Crippen LogP contribution in [0, 0.1) is 11.7 Å². The van der Waals surface area contributed by atoms with Crippen LogP contribution < -0.4 is 4.90 Å². The number of halogens is 1. The SMILES string of the molecule is COC(=O)[C@@H]1C[C@@H]2CCCC[C@@H]2N1CC(=O)N1CCN(c2ccccc2F)CC1. The first-order chi connectivity index (χ1) is 14.1. The zero-order chi connectivity index (χ0) is 20.4. The highest BCUT2D eigenvalue weighted by Gasteiger charge is 2.46. The van der Waals surface area contributed by atoms with E-state index in [4.69, 9.17) is 4.74 Å². The predicted molar refractivity (Wildman–Crippen MR) is 108 cm³/mol. The molecule has 1 aromatic carbocycles. The fourth-order valence-corrected chi connectivity index (χ4v) is 5.31. The van der Waals surface area contributed by atoms with Gasteiger partial charge in [0.15, 0.2) is 0 Å². The van der Waals surface area contributed by atoms with Crippen LogP contribution in [0.4, 0.5) is 10.1 Å².